The van der Waals surface area contributed by atoms with Crippen LogP contribution in [0.25, 0.3) is 11.3 Å². The van der Waals surface area contributed by atoms with Gasteiger partial charge in [-0.05, 0) is 35.9 Å². The first kappa shape index (κ1) is 22.7. The van der Waals surface area contributed by atoms with Gasteiger partial charge in [0.1, 0.15) is 23.7 Å². The molecule has 2 aliphatic rings. The molecule has 0 N–H and O–H groups in total. The summed E-state index contributed by atoms with van der Waals surface area (Å²) >= 11 is 6.53. The zero-order valence-electron chi connectivity index (χ0n) is 20.0. The summed E-state index contributed by atoms with van der Waals surface area (Å²) in [7, 11) is 1.96. The molecule has 7 heteroatoms. The van der Waals surface area contributed by atoms with Crippen LogP contribution in [0, 0.1) is 0 Å². The van der Waals surface area contributed by atoms with E-state index in [1.54, 1.807) is 18.2 Å². The summed E-state index contributed by atoms with van der Waals surface area (Å²) in [6.07, 6.45) is 3.27. The van der Waals surface area contributed by atoms with Crippen molar-refractivity contribution < 1.29 is 14.3 Å². The molecule has 0 bridgehead atoms. The minimum absolute atomic E-state index is 0.0768. The second kappa shape index (κ2) is 9.03. The second-order valence-electron chi connectivity index (χ2n) is 9.33. The third-order valence-electron chi connectivity index (χ3n) is 7.15. The third-order valence-corrected chi connectivity index (χ3v) is 7.47. The van der Waals surface area contributed by atoms with Gasteiger partial charge in [-0.2, -0.15) is 5.10 Å². The summed E-state index contributed by atoms with van der Waals surface area (Å²) < 4.78 is 14.4. The minimum Gasteiger partial charge on any atom is -0.489 e. The van der Waals surface area contributed by atoms with Gasteiger partial charge in [-0.1, -0.05) is 54.1 Å². The number of likely N-dealkylation sites (tertiary alicyclic amines) is 1. The summed E-state index contributed by atoms with van der Waals surface area (Å²) in [5, 5.41) is 4.92. The summed E-state index contributed by atoms with van der Waals surface area (Å²) in [5.74, 6) is 1.42. The normalized spacial score (nSPS) is 15.7. The molecular formula is C29H26ClN3O3. The molecule has 6 rings (SSSR count). The van der Waals surface area contributed by atoms with E-state index in [-0.39, 0.29) is 5.91 Å². The molecule has 1 spiro atoms. The maximum atomic E-state index is 13.4. The highest BCUT2D eigenvalue weighted by Gasteiger charge is 2.46. The van der Waals surface area contributed by atoms with Gasteiger partial charge in [-0.15, -0.1) is 0 Å². The van der Waals surface area contributed by atoms with E-state index in [1.165, 1.54) is 0 Å². The molecule has 36 heavy (non-hydrogen) atoms. The van der Waals surface area contributed by atoms with Crippen molar-refractivity contribution in [1.29, 1.82) is 0 Å². The molecule has 0 radical (unpaired) electrons. The van der Waals surface area contributed by atoms with Gasteiger partial charge in [-0.25, -0.2) is 0 Å². The van der Waals surface area contributed by atoms with Crippen LogP contribution in [0.4, 0.5) is 0 Å². The lowest BCUT2D eigenvalue weighted by atomic mass is 9.81. The molecule has 1 aromatic heterocycles. The molecule has 1 saturated heterocycles. The molecular weight excluding hydrogens is 474 g/mol. The van der Waals surface area contributed by atoms with Crippen LogP contribution in [0.15, 0.2) is 79.0 Å². The van der Waals surface area contributed by atoms with Crippen LogP contribution < -0.4 is 9.47 Å². The van der Waals surface area contributed by atoms with Gasteiger partial charge in [0.2, 0.25) is 0 Å². The van der Waals surface area contributed by atoms with Crippen LogP contribution in [-0.4, -0.2) is 33.7 Å². The zero-order chi connectivity index (χ0) is 24.7. The van der Waals surface area contributed by atoms with Crippen LogP contribution in [0.3, 0.4) is 0 Å². The summed E-state index contributed by atoms with van der Waals surface area (Å²) in [6, 6.07) is 23.3. The topological polar surface area (TPSA) is 56.6 Å². The third kappa shape index (κ3) is 3.91. The van der Waals surface area contributed by atoms with Gasteiger partial charge in [0.25, 0.3) is 5.91 Å². The lowest BCUT2D eigenvalue weighted by Crippen LogP contribution is -2.49. The van der Waals surface area contributed by atoms with E-state index in [2.05, 4.69) is 11.2 Å². The number of para-hydroxylation sites is 1. The Balaban J connectivity index is 1.17. The van der Waals surface area contributed by atoms with Crippen LogP contribution in [-0.2, 0) is 19.3 Å². The number of hydrogen-bond donors (Lipinski definition) is 0. The highest BCUT2D eigenvalue weighted by atomic mass is 35.5. The van der Waals surface area contributed by atoms with Crippen molar-refractivity contribution >= 4 is 17.5 Å². The lowest BCUT2D eigenvalue weighted by molar-refractivity contribution is -0.00171. The van der Waals surface area contributed by atoms with Crippen LogP contribution in [0.5, 0.6) is 11.5 Å². The van der Waals surface area contributed by atoms with Gasteiger partial charge >= 0.3 is 0 Å². The summed E-state index contributed by atoms with van der Waals surface area (Å²) in [5.41, 5.74) is 4.29. The standard InChI is InChI=1S/C29H26ClN3O3/c1-32-27-23-9-5-6-10-26(23)36-29(24(27)18-31-32)13-15-33(16-14-29)28(34)22-12-11-21(17-25(22)30)35-19-20-7-3-2-4-8-20/h2-12,17-18H,13-16,19H2,1H3. The number of hydrogen-bond acceptors (Lipinski definition) is 4. The van der Waals surface area contributed by atoms with E-state index in [0.717, 1.165) is 28.1 Å². The lowest BCUT2D eigenvalue weighted by Gasteiger charge is -2.44. The fourth-order valence-electron chi connectivity index (χ4n) is 5.22. The predicted molar refractivity (Wildman–Crippen MR) is 138 cm³/mol. The molecule has 182 valence electrons. The first-order chi connectivity index (χ1) is 17.5. The van der Waals surface area contributed by atoms with E-state index in [1.807, 2.05) is 71.4 Å². The molecule has 0 aliphatic carbocycles. The number of fused-ring (bicyclic) bond motifs is 4. The summed E-state index contributed by atoms with van der Waals surface area (Å²) in [4.78, 5) is 15.2. The molecule has 3 aromatic carbocycles. The van der Waals surface area contributed by atoms with Crippen molar-refractivity contribution in [3.8, 4) is 22.8 Å². The van der Waals surface area contributed by atoms with Crippen LogP contribution in [0.1, 0.15) is 34.3 Å². The molecule has 0 saturated carbocycles. The Morgan fingerprint density at radius 3 is 2.58 bits per heavy atom. The predicted octanol–water partition coefficient (Wildman–Crippen LogP) is 5.84. The Labute approximate surface area is 215 Å². The molecule has 6 nitrogen and oxygen atoms in total. The van der Waals surface area contributed by atoms with E-state index in [4.69, 9.17) is 21.1 Å². The van der Waals surface area contributed by atoms with Gasteiger partial charge in [0.15, 0.2) is 0 Å². The number of rotatable bonds is 4. The van der Waals surface area contributed by atoms with Crippen LogP contribution >= 0.6 is 11.6 Å². The van der Waals surface area contributed by atoms with Gasteiger partial charge < -0.3 is 14.4 Å². The van der Waals surface area contributed by atoms with Crippen molar-refractivity contribution in [3.63, 3.8) is 0 Å². The van der Waals surface area contributed by atoms with Crippen molar-refractivity contribution in [3.05, 3.63) is 101 Å². The first-order valence-electron chi connectivity index (χ1n) is 12.1. The second-order valence-corrected chi connectivity index (χ2v) is 9.74. The van der Waals surface area contributed by atoms with Gasteiger partial charge in [0, 0.05) is 44.1 Å². The number of nitrogens with zero attached hydrogens (tertiary/aromatic N) is 3. The largest absolute Gasteiger partial charge is 0.489 e. The highest BCUT2D eigenvalue weighted by Crippen LogP contribution is 2.49. The number of halogens is 1. The Kier molecular flexibility index (Phi) is 5.69. The smallest absolute Gasteiger partial charge is 0.255 e. The number of aromatic nitrogens is 2. The fraction of sp³-hybridized carbons (Fsp3) is 0.241. The van der Waals surface area contributed by atoms with Crippen molar-refractivity contribution in [2.24, 2.45) is 7.05 Å². The number of carbonyl (C=O) groups is 1. The number of carbonyl (C=O) groups excluding carboxylic acids is 1. The molecule has 1 fully saturated rings. The fourth-order valence-corrected chi connectivity index (χ4v) is 5.47. The monoisotopic (exact) mass is 499 g/mol. The molecule has 4 aromatic rings. The highest BCUT2D eigenvalue weighted by molar-refractivity contribution is 6.34. The Morgan fingerprint density at radius 1 is 1.06 bits per heavy atom. The molecule has 3 heterocycles. The first-order valence-corrected chi connectivity index (χ1v) is 12.5. The minimum atomic E-state index is -0.492. The van der Waals surface area contributed by atoms with E-state index in [0.29, 0.717) is 48.9 Å². The number of ether oxygens (including phenoxy) is 2. The van der Waals surface area contributed by atoms with Crippen molar-refractivity contribution in [1.82, 2.24) is 14.7 Å². The maximum absolute atomic E-state index is 13.4. The van der Waals surface area contributed by atoms with Crippen molar-refractivity contribution in [2.45, 2.75) is 25.0 Å². The van der Waals surface area contributed by atoms with E-state index in [9.17, 15) is 4.79 Å². The Morgan fingerprint density at radius 2 is 1.81 bits per heavy atom. The molecule has 0 atom stereocenters. The van der Waals surface area contributed by atoms with Gasteiger partial charge in [-0.3, -0.25) is 9.48 Å². The average molecular weight is 500 g/mol. The quantitative estimate of drug-likeness (QED) is 0.354. The number of piperidine rings is 1. The number of amides is 1. The zero-order valence-corrected chi connectivity index (χ0v) is 20.7. The number of aryl methyl sites for hydroxylation is 1. The summed E-state index contributed by atoms with van der Waals surface area (Å²) in [6.45, 7) is 1.58. The van der Waals surface area contributed by atoms with Crippen LogP contribution in [0.2, 0.25) is 5.02 Å². The molecule has 0 unspecified atom stereocenters. The van der Waals surface area contributed by atoms with Crippen molar-refractivity contribution in [2.75, 3.05) is 13.1 Å². The molecule has 2 aliphatic heterocycles. The number of benzene rings is 3. The van der Waals surface area contributed by atoms with E-state index >= 15 is 0 Å². The Bertz CT molecular complexity index is 1420. The van der Waals surface area contributed by atoms with E-state index < -0.39 is 5.60 Å². The molecule has 1 amide bonds. The Hall–Kier alpha value is -3.77. The SMILES string of the molecule is Cn1ncc2c1-c1ccccc1OC21CCN(C(=O)c2ccc(OCc3ccccc3)cc2Cl)CC1. The average Bonchev–Trinajstić information content (AvgIpc) is 3.31. The van der Waals surface area contributed by atoms with Gasteiger partial charge in [0.05, 0.1) is 22.5 Å². The maximum Gasteiger partial charge on any atom is 0.255 e.